The maximum atomic E-state index is 12.9. The highest BCUT2D eigenvalue weighted by Gasteiger charge is 2.25. The summed E-state index contributed by atoms with van der Waals surface area (Å²) in [6.07, 6.45) is 3.95. The normalized spacial score (nSPS) is 12.1. The number of fused-ring (bicyclic) bond motifs is 1. The van der Waals surface area contributed by atoms with Crippen LogP contribution in [0.3, 0.4) is 0 Å². The molecular formula is C26H29N3O5. The Bertz CT molecular complexity index is 1250. The monoisotopic (exact) mass is 463 g/mol. The van der Waals surface area contributed by atoms with E-state index in [1.165, 1.54) is 18.2 Å². The number of carboxylic acids is 1. The van der Waals surface area contributed by atoms with Gasteiger partial charge in [0.15, 0.2) is 0 Å². The van der Waals surface area contributed by atoms with Crippen LogP contribution >= 0.6 is 0 Å². The van der Waals surface area contributed by atoms with E-state index >= 15 is 0 Å². The molecule has 0 aliphatic carbocycles. The summed E-state index contributed by atoms with van der Waals surface area (Å²) in [7, 11) is 1.74. The van der Waals surface area contributed by atoms with E-state index in [2.05, 4.69) is 0 Å². The Kier molecular flexibility index (Phi) is 7.20. The van der Waals surface area contributed by atoms with Gasteiger partial charge < -0.3 is 14.6 Å². The van der Waals surface area contributed by atoms with Crippen molar-refractivity contribution in [3.05, 3.63) is 81.5 Å². The Morgan fingerprint density at radius 3 is 2.41 bits per heavy atom. The first-order valence-electron chi connectivity index (χ1n) is 11.0. The number of hydrogen-bond donors (Lipinski definition) is 1. The molecule has 2 aromatic carbocycles. The van der Waals surface area contributed by atoms with Gasteiger partial charge in [-0.05, 0) is 29.5 Å². The van der Waals surface area contributed by atoms with Crippen molar-refractivity contribution in [3.8, 4) is 0 Å². The van der Waals surface area contributed by atoms with Gasteiger partial charge in [-0.1, -0.05) is 51.1 Å². The molecule has 0 aliphatic heterocycles. The number of likely N-dealkylation sites (N-methyl/N-ethyl adjacent to an activating group) is 1. The first-order chi connectivity index (χ1) is 16.0. The Balaban J connectivity index is 1.95. The number of carbonyl (C=O) groups is 2. The molecule has 0 radical (unpaired) electrons. The van der Waals surface area contributed by atoms with Gasteiger partial charge in [0.2, 0.25) is 5.91 Å². The summed E-state index contributed by atoms with van der Waals surface area (Å²) < 4.78 is 1.72. The van der Waals surface area contributed by atoms with Gasteiger partial charge in [0.25, 0.3) is 5.69 Å². The van der Waals surface area contributed by atoms with Crippen molar-refractivity contribution >= 4 is 34.5 Å². The van der Waals surface area contributed by atoms with Gasteiger partial charge in [-0.15, -0.1) is 0 Å². The maximum Gasteiger partial charge on any atom is 0.332 e. The van der Waals surface area contributed by atoms with Gasteiger partial charge in [0, 0.05) is 54.0 Å². The summed E-state index contributed by atoms with van der Waals surface area (Å²) in [5, 5.41) is 21.6. The van der Waals surface area contributed by atoms with E-state index in [-0.39, 0.29) is 23.7 Å². The summed E-state index contributed by atoms with van der Waals surface area (Å²) in [5.41, 5.74) is 1.71. The van der Waals surface area contributed by atoms with E-state index in [1.54, 1.807) is 49.5 Å². The van der Waals surface area contributed by atoms with Crippen LogP contribution in [0.4, 0.5) is 5.69 Å². The number of nitro benzene ring substituents is 1. The standard InChI is InChI=1S/C26H29N3O5/c1-26(2,3)22(25(31)32)14-19-16-28(23-11-10-20(29(33)34)15-21(19)23)17-24(30)27(4)13-12-18-8-6-5-7-9-18/h5-11,14-16H,12-13,17H2,1-4H3,(H,31,32). The zero-order chi connectivity index (χ0) is 25.0. The van der Waals surface area contributed by atoms with Crippen molar-refractivity contribution in [2.24, 2.45) is 5.41 Å². The third-order valence-electron chi connectivity index (χ3n) is 5.75. The number of carboxylic acid groups (broad SMARTS) is 1. The first-order valence-corrected chi connectivity index (χ1v) is 11.0. The van der Waals surface area contributed by atoms with E-state index in [0.29, 0.717) is 23.0 Å². The topological polar surface area (TPSA) is 106 Å². The summed E-state index contributed by atoms with van der Waals surface area (Å²) in [6, 6.07) is 14.3. The van der Waals surface area contributed by atoms with Crippen LogP contribution in [-0.2, 0) is 22.6 Å². The lowest BCUT2D eigenvalue weighted by Gasteiger charge is -2.19. The second-order valence-electron chi connectivity index (χ2n) is 9.33. The van der Waals surface area contributed by atoms with Crippen LogP contribution in [0.25, 0.3) is 17.0 Å². The second-order valence-corrected chi connectivity index (χ2v) is 9.33. The van der Waals surface area contributed by atoms with Crippen LogP contribution in [0.2, 0.25) is 0 Å². The van der Waals surface area contributed by atoms with E-state index in [0.717, 1.165) is 12.0 Å². The summed E-state index contributed by atoms with van der Waals surface area (Å²) in [6.45, 7) is 5.96. The molecule has 0 bridgehead atoms. The van der Waals surface area contributed by atoms with Gasteiger partial charge in [0.05, 0.1) is 4.92 Å². The second kappa shape index (κ2) is 9.91. The Labute approximate surface area is 198 Å². The van der Waals surface area contributed by atoms with Crippen molar-refractivity contribution < 1.29 is 19.6 Å². The smallest absolute Gasteiger partial charge is 0.332 e. The fourth-order valence-corrected chi connectivity index (χ4v) is 3.76. The lowest BCUT2D eigenvalue weighted by atomic mass is 9.85. The minimum Gasteiger partial charge on any atom is -0.478 e. The van der Waals surface area contributed by atoms with Gasteiger partial charge >= 0.3 is 5.97 Å². The zero-order valence-corrected chi connectivity index (χ0v) is 19.8. The molecule has 3 rings (SSSR count). The third kappa shape index (κ3) is 5.70. The van der Waals surface area contributed by atoms with Crippen LogP contribution in [-0.4, -0.2) is 45.0 Å². The van der Waals surface area contributed by atoms with E-state index in [9.17, 15) is 24.8 Å². The predicted molar refractivity (Wildman–Crippen MR) is 131 cm³/mol. The molecule has 1 aromatic heterocycles. The van der Waals surface area contributed by atoms with Gasteiger partial charge in [-0.2, -0.15) is 0 Å². The number of carbonyl (C=O) groups excluding carboxylic acids is 1. The maximum absolute atomic E-state index is 12.9. The number of rotatable bonds is 8. The lowest BCUT2D eigenvalue weighted by molar-refractivity contribution is -0.384. The van der Waals surface area contributed by atoms with E-state index in [1.807, 2.05) is 30.3 Å². The van der Waals surface area contributed by atoms with Crippen LogP contribution in [0.15, 0.2) is 60.3 Å². The number of amides is 1. The van der Waals surface area contributed by atoms with Gasteiger partial charge in [-0.3, -0.25) is 14.9 Å². The van der Waals surface area contributed by atoms with Crippen molar-refractivity contribution in [3.63, 3.8) is 0 Å². The molecule has 0 fully saturated rings. The molecule has 34 heavy (non-hydrogen) atoms. The molecule has 0 unspecified atom stereocenters. The highest BCUT2D eigenvalue weighted by molar-refractivity contribution is 5.99. The molecule has 0 saturated heterocycles. The van der Waals surface area contributed by atoms with Crippen molar-refractivity contribution in [1.82, 2.24) is 9.47 Å². The first kappa shape index (κ1) is 24.7. The number of non-ortho nitro benzene ring substituents is 1. The minimum atomic E-state index is -1.06. The zero-order valence-electron chi connectivity index (χ0n) is 19.8. The Hall–Kier alpha value is -3.94. The largest absolute Gasteiger partial charge is 0.478 e. The molecule has 1 amide bonds. The number of nitrogens with zero attached hydrogens (tertiary/aromatic N) is 3. The minimum absolute atomic E-state index is 0.0331. The fourth-order valence-electron chi connectivity index (χ4n) is 3.76. The van der Waals surface area contributed by atoms with Crippen molar-refractivity contribution in [1.29, 1.82) is 0 Å². The van der Waals surface area contributed by atoms with E-state index in [4.69, 9.17) is 0 Å². The molecule has 1 heterocycles. The number of benzene rings is 2. The average molecular weight is 464 g/mol. The van der Waals surface area contributed by atoms with Crippen LogP contribution in [0.5, 0.6) is 0 Å². The number of aromatic nitrogens is 1. The van der Waals surface area contributed by atoms with Crippen LogP contribution < -0.4 is 0 Å². The third-order valence-corrected chi connectivity index (χ3v) is 5.75. The number of nitro groups is 1. The van der Waals surface area contributed by atoms with Crippen LogP contribution in [0.1, 0.15) is 31.9 Å². The quantitative estimate of drug-likeness (QED) is 0.294. The summed E-state index contributed by atoms with van der Waals surface area (Å²) >= 11 is 0. The molecule has 8 heteroatoms. The number of aliphatic carboxylic acids is 1. The highest BCUT2D eigenvalue weighted by atomic mass is 16.6. The van der Waals surface area contributed by atoms with Crippen molar-refractivity contribution in [2.45, 2.75) is 33.7 Å². The summed E-state index contributed by atoms with van der Waals surface area (Å²) in [5.74, 6) is -1.17. The molecule has 3 aromatic rings. The van der Waals surface area contributed by atoms with Gasteiger partial charge in [0.1, 0.15) is 6.54 Å². The van der Waals surface area contributed by atoms with E-state index < -0.39 is 16.3 Å². The Morgan fingerprint density at radius 2 is 1.82 bits per heavy atom. The molecule has 178 valence electrons. The average Bonchev–Trinajstić information content (AvgIpc) is 3.11. The fraction of sp³-hybridized carbons (Fsp3) is 0.308. The Morgan fingerprint density at radius 1 is 1.15 bits per heavy atom. The molecule has 0 saturated carbocycles. The molecule has 1 N–H and O–H groups in total. The van der Waals surface area contributed by atoms with Crippen LogP contribution in [0, 0.1) is 15.5 Å². The molecule has 8 nitrogen and oxygen atoms in total. The lowest BCUT2D eigenvalue weighted by Crippen LogP contribution is -2.31. The molecule has 0 spiro atoms. The SMILES string of the molecule is CN(CCc1ccccc1)C(=O)Cn1cc(C=C(C(=O)O)C(C)(C)C)c2cc([N+](=O)[O-])ccc21. The summed E-state index contributed by atoms with van der Waals surface area (Å²) in [4.78, 5) is 37.3. The molecule has 0 aliphatic rings. The van der Waals surface area contributed by atoms with Gasteiger partial charge in [-0.25, -0.2) is 4.79 Å². The number of hydrogen-bond acceptors (Lipinski definition) is 4. The predicted octanol–water partition coefficient (Wildman–Crippen LogP) is 4.76. The van der Waals surface area contributed by atoms with Crippen molar-refractivity contribution in [2.75, 3.05) is 13.6 Å². The molecular weight excluding hydrogens is 434 g/mol. The highest BCUT2D eigenvalue weighted by Crippen LogP contribution is 2.32. The molecule has 0 atom stereocenters.